The lowest BCUT2D eigenvalue weighted by Crippen LogP contribution is -2.41. The van der Waals surface area contributed by atoms with Gasteiger partial charge in [0.15, 0.2) is 0 Å². The maximum atomic E-state index is 14.2. The Morgan fingerprint density at radius 1 is 0.976 bits per heavy atom. The van der Waals surface area contributed by atoms with E-state index in [1.54, 1.807) is 0 Å². The fourth-order valence-electron chi connectivity index (χ4n) is 4.72. The standard InChI is InChI=1S/C28H23BClF5N2O4/c1-26(2)27(3,4)41-29(40-26)15-10-19-22(23(37-25(19)39)18-12-16(31)5-6-20(18)30)21(11-15)36-24(38)13-7-14(28(33,34)35)9-17(32)8-13/h5-12,23H,1-4H3,(H,36,38)(H,37,39). The van der Waals surface area contributed by atoms with Crippen LogP contribution < -0.4 is 16.1 Å². The second-order valence-corrected chi connectivity index (χ2v) is 11.3. The van der Waals surface area contributed by atoms with E-state index < -0.39 is 65.1 Å². The first kappa shape index (κ1) is 29.0. The van der Waals surface area contributed by atoms with Crippen molar-refractivity contribution in [3.05, 3.63) is 93.0 Å². The molecule has 214 valence electrons. The summed E-state index contributed by atoms with van der Waals surface area (Å²) in [5, 5.41) is 5.35. The van der Waals surface area contributed by atoms with Crippen LogP contribution in [0.3, 0.4) is 0 Å². The molecule has 2 heterocycles. The van der Waals surface area contributed by atoms with Gasteiger partial charge in [0.25, 0.3) is 11.8 Å². The van der Waals surface area contributed by atoms with E-state index in [0.717, 1.165) is 12.1 Å². The van der Waals surface area contributed by atoms with Gasteiger partial charge in [-0.3, -0.25) is 9.59 Å². The molecule has 0 spiro atoms. The van der Waals surface area contributed by atoms with Crippen molar-refractivity contribution in [1.29, 1.82) is 0 Å². The van der Waals surface area contributed by atoms with E-state index in [1.807, 2.05) is 27.7 Å². The van der Waals surface area contributed by atoms with E-state index in [9.17, 15) is 31.5 Å². The Hall–Kier alpha value is -3.48. The molecule has 0 radical (unpaired) electrons. The summed E-state index contributed by atoms with van der Waals surface area (Å²) in [6.07, 6.45) is -4.90. The summed E-state index contributed by atoms with van der Waals surface area (Å²) in [7, 11) is -0.975. The second-order valence-electron chi connectivity index (χ2n) is 10.9. The van der Waals surface area contributed by atoms with Crippen molar-refractivity contribution in [1.82, 2.24) is 5.32 Å². The first-order valence-corrected chi connectivity index (χ1v) is 12.8. The van der Waals surface area contributed by atoms with Crippen molar-refractivity contribution in [2.75, 3.05) is 5.32 Å². The fraction of sp³-hybridized carbons (Fsp3) is 0.286. The van der Waals surface area contributed by atoms with Gasteiger partial charge < -0.3 is 19.9 Å². The van der Waals surface area contributed by atoms with Crippen LogP contribution in [0.25, 0.3) is 0 Å². The average Bonchev–Trinajstić information content (AvgIpc) is 3.31. The molecular formula is C28H23BClF5N2O4. The largest absolute Gasteiger partial charge is 0.494 e. The highest BCUT2D eigenvalue weighted by Crippen LogP contribution is 2.41. The van der Waals surface area contributed by atoms with Crippen molar-refractivity contribution in [2.24, 2.45) is 0 Å². The number of amides is 2. The summed E-state index contributed by atoms with van der Waals surface area (Å²) in [6, 6.07) is 6.93. The summed E-state index contributed by atoms with van der Waals surface area (Å²) in [5.41, 5.74) is -2.71. The first-order valence-electron chi connectivity index (χ1n) is 12.5. The Bertz CT molecular complexity index is 1580. The molecule has 0 aliphatic carbocycles. The third-order valence-corrected chi connectivity index (χ3v) is 7.89. The predicted molar refractivity (Wildman–Crippen MR) is 142 cm³/mol. The van der Waals surface area contributed by atoms with Gasteiger partial charge in [-0.05, 0) is 81.7 Å². The maximum Gasteiger partial charge on any atom is 0.494 e. The first-order chi connectivity index (χ1) is 19.0. The number of hydrogen-bond donors (Lipinski definition) is 2. The van der Waals surface area contributed by atoms with Crippen molar-refractivity contribution < 1.29 is 40.8 Å². The topological polar surface area (TPSA) is 76.7 Å². The average molecular weight is 593 g/mol. The van der Waals surface area contributed by atoms with E-state index in [1.165, 1.54) is 18.2 Å². The minimum atomic E-state index is -4.90. The van der Waals surface area contributed by atoms with Crippen LogP contribution in [-0.4, -0.2) is 30.1 Å². The van der Waals surface area contributed by atoms with E-state index in [4.69, 9.17) is 20.9 Å². The van der Waals surface area contributed by atoms with Crippen molar-refractivity contribution >= 4 is 41.7 Å². The number of anilines is 1. The van der Waals surface area contributed by atoms with Gasteiger partial charge in [-0.1, -0.05) is 11.6 Å². The number of carbonyl (C=O) groups excluding carboxylic acids is 2. The smallest absolute Gasteiger partial charge is 0.399 e. The Balaban J connectivity index is 1.64. The predicted octanol–water partition coefficient (Wildman–Crippen LogP) is 6.02. The number of carbonyl (C=O) groups is 2. The van der Waals surface area contributed by atoms with E-state index in [2.05, 4.69) is 10.6 Å². The minimum absolute atomic E-state index is 0.0151. The number of halogens is 6. The van der Waals surface area contributed by atoms with Crippen LogP contribution in [0.2, 0.25) is 5.02 Å². The van der Waals surface area contributed by atoms with E-state index in [0.29, 0.717) is 17.6 Å². The van der Waals surface area contributed by atoms with Gasteiger partial charge in [0, 0.05) is 33.0 Å². The van der Waals surface area contributed by atoms with Crippen LogP contribution in [0.4, 0.5) is 27.6 Å². The van der Waals surface area contributed by atoms with E-state index >= 15 is 0 Å². The molecule has 2 N–H and O–H groups in total. The van der Waals surface area contributed by atoms with Crippen molar-refractivity contribution in [2.45, 2.75) is 51.1 Å². The maximum absolute atomic E-state index is 14.2. The van der Waals surface area contributed by atoms with Gasteiger partial charge in [-0.2, -0.15) is 13.2 Å². The van der Waals surface area contributed by atoms with E-state index in [-0.39, 0.29) is 33.5 Å². The molecule has 0 aromatic heterocycles. The Morgan fingerprint density at radius 2 is 1.63 bits per heavy atom. The third-order valence-electron chi connectivity index (χ3n) is 7.54. The fourth-order valence-corrected chi connectivity index (χ4v) is 4.95. The van der Waals surface area contributed by atoms with Crippen LogP contribution in [0.5, 0.6) is 0 Å². The Morgan fingerprint density at radius 3 is 2.27 bits per heavy atom. The van der Waals surface area contributed by atoms with Crippen molar-refractivity contribution in [3.8, 4) is 0 Å². The lowest BCUT2D eigenvalue weighted by atomic mass is 9.76. The van der Waals surface area contributed by atoms with Gasteiger partial charge in [0.1, 0.15) is 11.6 Å². The molecule has 2 aliphatic rings. The molecule has 0 saturated carbocycles. The summed E-state index contributed by atoms with van der Waals surface area (Å²) in [4.78, 5) is 26.4. The monoisotopic (exact) mass is 592 g/mol. The number of fused-ring (bicyclic) bond motifs is 1. The molecule has 1 unspecified atom stereocenters. The lowest BCUT2D eigenvalue weighted by molar-refractivity contribution is -0.137. The third kappa shape index (κ3) is 5.31. The SMILES string of the molecule is CC1(C)OB(c2cc(NC(=O)c3cc(F)cc(C(F)(F)F)c3)c3c(c2)C(=O)NC3c2cc(F)ccc2Cl)OC1(C)C. The normalized spacial score (nSPS) is 19.2. The summed E-state index contributed by atoms with van der Waals surface area (Å²) in [6.45, 7) is 7.28. The molecule has 1 atom stereocenters. The number of nitrogens with one attached hydrogen (secondary N) is 2. The van der Waals surface area contributed by atoms with Crippen LogP contribution in [0.1, 0.15) is 71.1 Å². The minimum Gasteiger partial charge on any atom is -0.399 e. The Labute approximate surface area is 237 Å². The molecule has 1 saturated heterocycles. The second kappa shape index (κ2) is 9.82. The highest BCUT2D eigenvalue weighted by atomic mass is 35.5. The van der Waals surface area contributed by atoms with Gasteiger partial charge in [0.05, 0.1) is 22.8 Å². The molecule has 6 nitrogen and oxygen atoms in total. The van der Waals surface area contributed by atoms with Crippen LogP contribution in [0, 0.1) is 11.6 Å². The lowest BCUT2D eigenvalue weighted by Gasteiger charge is -2.32. The summed E-state index contributed by atoms with van der Waals surface area (Å²) < 4.78 is 80.4. The molecular weight excluding hydrogens is 570 g/mol. The Kier molecular flexibility index (Phi) is 6.95. The molecule has 3 aromatic rings. The van der Waals surface area contributed by atoms with Gasteiger partial charge in [0.2, 0.25) is 0 Å². The van der Waals surface area contributed by atoms with Gasteiger partial charge in [-0.15, -0.1) is 0 Å². The quantitative estimate of drug-likeness (QED) is 0.287. The molecule has 3 aromatic carbocycles. The summed E-state index contributed by atoms with van der Waals surface area (Å²) in [5.74, 6) is -3.55. The van der Waals surface area contributed by atoms with Crippen LogP contribution in [-0.2, 0) is 15.5 Å². The highest BCUT2D eigenvalue weighted by Gasteiger charge is 2.52. The number of hydrogen-bond acceptors (Lipinski definition) is 4. The number of alkyl halides is 3. The summed E-state index contributed by atoms with van der Waals surface area (Å²) >= 11 is 6.33. The molecule has 5 rings (SSSR count). The molecule has 2 amide bonds. The number of rotatable bonds is 4. The molecule has 2 aliphatic heterocycles. The molecule has 0 bridgehead atoms. The van der Waals surface area contributed by atoms with Gasteiger partial charge >= 0.3 is 13.3 Å². The molecule has 41 heavy (non-hydrogen) atoms. The molecule has 13 heteroatoms. The van der Waals surface area contributed by atoms with Crippen LogP contribution >= 0.6 is 11.6 Å². The zero-order chi connectivity index (χ0) is 30.1. The van der Waals surface area contributed by atoms with Gasteiger partial charge in [-0.25, -0.2) is 8.78 Å². The van der Waals surface area contributed by atoms with Crippen molar-refractivity contribution in [3.63, 3.8) is 0 Å². The highest BCUT2D eigenvalue weighted by molar-refractivity contribution is 6.62. The zero-order valence-corrected chi connectivity index (χ0v) is 22.9. The zero-order valence-electron chi connectivity index (χ0n) is 22.2. The molecule has 1 fully saturated rings. The van der Waals surface area contributed by atoms with Crippen LogP contribution in [0.15, 0.2) is 48.5 Å². The number of benzene rings is 3.